The third kappa shape index (κ3) is 4.96. The first kappa shape index (κ1) is 15.5. The summed E-state index contributed by atoms with van der Waals surface area (Å²) in [6.07, 6.45) is 1.94. The standard InChI is InChI=1S/C14H23BrN2O/c1-3-7-16-11-12-5-6-13(15)10-14(12)17(2)8-4-9-18/h5-6,10,16,18H,3-4,7-9,11H2,1-2H3. The molecule has 0 bridgehead atoms. The van der Waals surface area contributed by atoms with Crippen molar-refractivity contribution in [3.63, 3.8) is 0 Å². The first-order chi connectivity index (χ1) is 8.69. The van der Waals surface area contributed by atoms with Crippen LogP contribution in [0.25, 0.3) is 0 Å². The highest BCUT2D eigenvalue weighted by atomic mass is 79.9. The fourth-order valence-electron chi connectivity index (χ4n) is 1.87. The van der Waals surface area contributed by atoms with Gasteiger partial charge in [0.25, 0.3) is 0 Å². The monoisotopic (exact) mass is 314 g/mol. The summed E-state index contributed by atoms with van der Waals surface area (Å²) >= 11 is 3.52. The van der Waals surface area contributed by atoms with E-state index in [0.717, 1.165) is 36.9 Å². The number of hydrogen-bond acceptors (Lipinski definition) is 3. The average molecular weight is 315 g/mol. The molecule has 4 heteroatoms. The maximum atomic E-state index is 8.91. The SMILES string of the molecule is CCCNCc1ccc(Br)cc1N(C)CCCO. The Balaban J connectivity index is 2.75. The van der Waals surface area contributed by atoms with Gasteiger partial charge in [-0.2, -0.15) is 0 Å². The van der Waals surface area contributed by atoms with E-state index in [9.17, 15) is 0 Å². The van der Waals surface area contributed by atoms with E-state index in [1.807, 2.05) is 0 Å². The summed E-state index contributed by atoms with van der Waals surface area (Å²) in [5.41, 5.74) is 2.52. The summed E-state index contributed by atoms with van der Waals surface area (Å²) in [7, 11) is 2.07. The predicted octanol–water partition coefficient (Wildman–Crippen LogP) is 2.77. The largest absolute Gasteiger partial charge is 0.396 e. The Morgan fingerprint density at radius 2 is 2.17 bits per heavy atom. The Kier molecular flexibility index (Phi) is 7.32. The van der Waals surface area contributed by atoms with E-state index in [4.69, 9.17) is 5.11 Å². The van der Waals surface area contributed by atoms with Gasteiger partial charge in [0.05, 0.1) is 0 Å². The molecule has 3 nitrogen and oxygen atoms in total. The Hall–Kier alpha value is -0.580. The number of halogens is 1. The molecule has 0 heterocycles. The normalized spacial score (nSPS) is 10.7. The molecule has 0 radical (unpaired) electrons. The number of anilines is 1. The van der Waals surface area contributed by atoms with Crippen molar-refractivity contribution in [2.45, 2.75) is 26.3 Å². The highest BCUT2D eigenvalue weighted by Crippen LogP contribution is 2.24. The van der Waals surface area contributed by atoms with Crippen molar-refractivity contribution in [1.29, 1.82) is 0 Å². The average Bonchev–Trinajstić information content (AvgIpc) is 2.38. The lowest BCUT2D eigenvalue weighted by atomic mass is 10.1. The molecule has 0 saturated heterocycles. The highest BCUT2D eigenvalue weighted by Gasteiger charge is 2.07. The fourth-order valence-corrected chi connectivity index (χ4v) is 2.22. The smallest absolute Gasteiger partial charge is 0.0447 e. The van der Waals surface area contributed by atoms with Crippen LogP contribution in [0.15, 0.2) is 22.7 Å². The van der Waals surface area contributed by atoms with Crippen LogP contribution >= 0.6 is 15.9 Å². The molecule has 102 valence electrons. The lowest BCUT2D eigenvalue weighted by Gasteiger charge is -2.23. The van der Waals surface area contributed by atoms with Crippen LogP contribution in [0.5, 0.6) is 0 Å². The van der Waals surface area contributed by atoms with Crippen molar-refractivity contribution in [3.05, 3.63) is 28.2 Å². The van der Waals surface area contributed by atoms with Crippen LogP contribution in [-0.2, 0) is 6.54 Å². The van der Waals surface area contributed by atoms with Gasteiger partial charge in [-0.1, -0.05) is 28.9 Å². The zero-order chi connectivity index (χ0) is 13.4. The van der Waals surface area contributed by atoms with E-state index >= 15 is 0 Å². The number of nitrogens with zero attached hydrogens (tertiary/aromatic N) is 1. The minimum atomic E-state index is 0.238. The van der Waals surface area contributed by atoms with Gasteiger partial charge < -0.3 is 15.3 Å². The summed E-state index contributed by atoms with van der Waals surface area (Å²) < 4.78 is 1.09. The quantitative estimate of drug-likeness (QED) is 0.724. The molecule has 0 aliphatic carbocycles. The molecule has 0 unspecified atom stereocenters. The number of aliphatic hydroxyl groups is 1. The molecule has 0 fully saturated rings. The number of nitrogens with one attached hydrogen (secondary N) is 1. The lowest BCUT2D eigenvalue weighted by Crippen LogP contribution is -2.23. The fraction of sp³-hybridized carbons (Fsp3) is 0.571. The third-order valence-electron chi connectivity index (χ3n) is 2.85. The highest BCUT2D eigenvalue weighted by molar-refractivity contribution is 9.10. The number of hydrogen-bond donors (Lipinski definition) is 2. The van der Waals surface area contributed by atoms with Crippen LogP contribution in [0.3, 0.4) is 0 Å². The second-order valence-corrected chi connectivity index (χ2v) is 5.36. The summed E-state index contributed by atoms with van der Waals surface area (Å²) in [5.74, 6) is 0. The van der Waals surface area contributed by atoms with Gasteiger partial charge in [-0.25, -0.2) is 0 Å². The maximum absolute atomic E-state index is 8.91. The van der Waals surface area contributed by atoms with Gasteiger partial charge in [0.15, 0.2) is 0 Å². The summed E-state index contributed by atoms with van der Waals surface area (Å²) in [5, 5.41) is 12.3. The minimum absolute atomic E-state index is 0.238. The van der Waals surface area contributed by atoms with Gasteiger partial charge in [-0.15, -0.1) is 0 Å². The van der Waals surface area contributed by atoms with Crippen molar-refractivity contribution in [2.75, 3.05) is 31.6 Å². The molecule has 2 N–H and O–H groups in total. The number of rotatable bonds is 8. The topological polar surface area (TPSA) is 35.5 Å². The van der Waals surface area contributed by atoms with E-state index in [1.165, 1.54) is 11.3 Å². The predicted molar refractivity (Wildman–Crippen MR) is 81.1 cm³/mol. The molecule has 0 spiro atoms. The molecule has 1 aromatic rings. The zero-order valence-corrected chi connectivity index (χ0v) is 12.8. The molecule has 1 rings (SSSR count). The molecule has 0 atom stereocenters. The van der Waals surface area contributed by atoms with Crippen LogP contribution < -0.4 is 10.2 Å². The molecule has 0 saturated carbocycles. The van der Waals surface area contributed by atoms with Gasteiger partial charge in [-0.05, 0) is 37.1 Å². The van der Waals surface area contributed by atoms with Crippen LogP contribution in [0, 0.1) is 0 Å². The molecule has 1 aromatic carbocycles. The van der Waals surface area contributed by atoms with E-state index in [0.29, 0.717) is 0 Å². The summed E-state index contributed by atoms with van der Waals surface area (Å²) in [4.78, 5) is 2.20. The van der Waals surface area contributed by atoms with Crippen LogP contribution in [-0.4, -0.2) is 31.9 Å². The van der Waals surface area contributed by atoms with Crippen molar-refractivity contribution >= 4 is 21.6 Å². The van der Waals surface area contributed by atoms with E-state index < -0.39 is 0 Å². The van der Waals surface area contributed by atoms with E-state index in [2.05, 4.69) is 58.3 Å². The third-order valence-corrected chi connectivity index (χ3v) is 3.35. The van der Waals surface area contributed by atoms with Gasteiger partial charge >= 0.3 is 0 Å². The van der Waals surface area contributed by atoms with Gasteiger partial charge in [-0.3, -0.25) is 0 Å². The van der Waals surface area contributed by atoms with Gasteiger partial charge in [0.1, 0.15) is 0 Å². The van der Waals surface area contributed by atoms with E-state index in [1.54, 1.807) is 0 Å². The number of benzene rings is 1. The molecular weight excluding hydrogens is 292 g/mol. The van der Waals surface area contributed by atoms with Crippen LogP contribution in [0.4, 0.5) is 5.69 Å². The minimum Gasteiger partial charge on any atom is -0.396 e. The summed E-state index contributed by atoms with van der Waals surface area (Å²) in [6.45, 7) is 5.20. The van der Waals surface area contributed by atoms with Crippen molar-refractivity contribution in [1.82, 2.24) is 5.32 Å². The van der Waals surface area contributed by atoms with Crippen LogP contribution in [0.2, 0.25) is 0 Å². The lowest BCUT2D eigenvalue weighted by molar-refractivity contribution is 0.290. The first-order valence-electron chi connectivity index (χ1n) is 6.50. The maximum Gasteiger partial charge on any atom is 0.0447 e. The van der Waals surface area contributed by atoms with Gasteiger partial charge in [0.2, 0.25) is 0 Å². The molecule has 0 aliphatic heterocycles. The molecule has 0 amide bonds. The van der Waals surface area contributed by atoms with E-state index in [-0.39, 0.29) is 6.61 Å². The Bertz CT molecular complexity index is 358. The Labute approximate surface area is 118 Å². The molecule has 0 aliphatic rings. The Morgan fingerprint density at radius 1 is 1.39 bits per heavy atom. The first-order valence-corrected chi connectivity index (χ1v) is 7.29. The second kappa shape index (κ2) is 8.51. The van der Waals surface area contributed by atoms with Crippen molar-refractivity contribution < 1.29 is 5.11 Å². The molecule has 18 heavy (non-hydrogen) atoms. The molecular formula is C14H23BrN2O. The van der Waals surface area contributed by atoms with Crippen molar-refractivity contribution in [3.8, 4) is 0 Å². The Morgan fingerprint density at radius 3 is 2.83 bits per heavy atom. The van der Waals surface area contributed by atoms with Crippen molar-refractivity contribution in [2.24, 2.45) is 0 Å². The molecule has 0 aromatic heterocycles. The number of aliphatic hydroxyl groups excluding tert-OH is 1. The zero-order valence-electron chi connectivity index (χ0n) is 11.2. The summed E-state index contributed by atoms with van der Waals surface area (Å²) in [6, 6.07) is 6.37. The van der Waals surface area contributed by atoms with Crippen LogP contribution in [0.1, 0.15) is 25.3 Å². The van der Waals surface area contributed by atoms with Gasteiger partial charge in [0, 0.05) is 36.9 Å². The second-order valence-electron chi connectivity index (χ2n) is 4.45.